The van der Waals surface area contributed by atoms with Crippen LogP contribution in [-0.4, -0.2) is 55.5 Å². The Balaban J connectivity index is 1.74. The van der Waals surface area contributed by atoms with Gasteiger partial charge in [0, 0.05) is 19.6 Å². The number of amides is 1. The Labute approximate surface area is 115 Å². The van der Waals surface area contributed by atoms with Crippen molar-refractivity contribution in [1.82, 2.24) is 10.2 Å². The predicted octanol–water partition coefficient (Wildman–Crippen LogP) is 1.62. The maximum Gasteiger partial charge on any atom is 0.410 e. The first-order valence-electron chi connectivity index (χ1n) is 7.23. The van der Waals surface area contributed by atoms with E-state index >= 15 is 0 Å². The lowest BCUT2D eigenvalue weighted by Crippen LogP contribution is -2.50. The highest BCUT2D eigenvalue weighted by Crippen LogP contribution is 2.19. The second kappa shape index (κ2) is 6.09. The van der Waals surface area contributed by atoms with Crippen molar-refractivity contribution in [3.05, 3.63) is 0 Å². The van der Waals surface area contributed by atoms with E-state index in [-0.39, 0.29) is 6.09 Å². The molecule has 19 heavy (non-hydrogen) atoms. The number of hydrogen-bond donors (Lipinski definition) is 1. The molecule has 1 unspecified atom stereocenters. The molecule has 1 N–H and O–H groups in total. The van der Waals surface area contributed by atoms with Gasteiger partial charge in [0.1, 0.15) is 5.60 Å². The van der Waals surface area contributed by atoms with Crippen LogP contribution in [0.5, 0.6) is 0 Å². The molecule has 0 saturated carbocycles. The van der Waals surface area contributed by atoms with Gasteiger partial charge >= 0.3 is 6.09 Å². The standard InChI is InChI=1S/C14H26N2O3/c1-14(2,3)19-13(17)16-6-4-5-11(8-16)7-15-12-9-18-10-12/h11-12,15H,4-10H2,1-3H3. The third kappa shape index (κ3) is 4.66. The van der Waals surface area contributed by atoms with Crippen LogP contribution in [0.1, 0.15) is 33.6 Å². The summed E-state index contributed by atoms with van der Waals surface area (Å²) in [7, 11) is 0. The molecule has 1 amide bonds. The van der Waals surface area contributed by atoms with Gasteiger partial charge < -0.3 is 19.7 Å². The first-order valence-corrected chi connectivity index (χ1v) is 7.23. The van der Waals surface area contributed by atoms with Crippen LogP contribution in [0.15, 0.2) is 0 Å². The highest BCUT2D eigenvalue weighted by molar-refractivity contribution is 5.68. The zero-order valence-corrected chi connectivity index (χ0v) is 12.3. The molecule has 0 aromatic rings. The van der Waals surface area contributed by atoms with Gasteiger partial charge in [0.2, 0.25) is 0 Å². The maximum absolute atomic E-state index is 12.0. The van der Waals surface area contributed by atoms with Crippen molar-refractivity contribution < 1.29 is 14.3 Å². The number of likely N-dealkylation sites (tertiary alicyclic amines) is 1. The summed E-state index contributed by atoms with van der Waals surface area (Å²) in [6.07, 6.45) is 2.07. The molecule has 0 bridgehead atoms. The van der Waals surface area contributed by atoms with E-state index in [1.54, 1.807) is 0 Å². The fourth-order valence-electron chi connectivity index (χ4n) is 2.41. The molecule has 2 aliphatic heterocycles. The van der Waals surface area contributed by atoms with Gasteiger partial charge in [0.25, 0.3) is 0 Å². The number of hydrogen-bond acceptors (Lipinski definition) is 4. The normalized spacial score (nSPS) is 25.0. The Morgan fingerprint density at radius 3 is 2.74 bits per heavy atom. The van der Waals surface area contributed by atoms with Gasteiger partial charge in [0.05, 0.1) is 19.3 Å². The molecule has 2 rings (SSSR count). The van der Waals surface area contributed by atoms with Crippen LogP contribution in [-0.2, 0) is 9.47 Å². The second-order valence-electron chi connectivity index (χ2n) is 6.58. The van der Waals surface area contributed by atoms with Crippen LogP contribution < -0.4 is 5.32 Å². The second-order valence-corrected chi connectivity index (χ2v) is 6.58. The Morgan fingerprint density at radius 1 is 1.42 bits per heavy atom. The highest BCUT2D eigenvalue weighted by atomic mass is 16.6. The number of rotatable bonds is 3. The van der Waals surface area contributed by atoms with Crippen molar-refractivity contribution in [2.75, 3.05) is 32.8 Å². The summed E-state index contributed by atoms with van der Waals surface area (Å²) in [5, 5.41) is 3.49. The zero-order valence-electron chi connectivity index (χ0n) is 12.3. The lowest BCUT2D eigenvalue weighted by atomic mass is 9.98. The van der Waals surface area contributed by atoms with Crippen LogP contribution in [0, 0.1) is 5.92 Å². The maximum atomic E-state index is 12.0. The molecular weight excluding hydrogens is 244 g/mol. The minimum absolute atomic E-state index is 0.177. The summed E-state index contributed by atoms with van der Waals surface area (Å²) in [5.41, 5.74) is -0.411. The summed E-state index contributed by atoms with van der Waals surface area (Å²) in [6, 6.07) is 0.511. The molecular formula is C14H26N2O3. The minimum atomic E-state index is -0.411. The molecule has 2 saturated heterocycles. The van der Waals surface area contributed by atoms with Crippen molar-refractivity contribution >= 4 is 6.09 Å². The topological polar surface area (TPSA) is 50.8 Å². The number of nitrogens with zero attached hydrogens (tertiary/aromatic N) is 1. The smallest absolute Gasteiger partial charge is 0.410 e. The molecule has 5 nitrogen and oxygen atoms in total. The molecule has 0 aromatic carbocycles. The fourth-order valence-corrected chi connectivity index (χ4v) is 2.41. The summed E-state index contributed by atoms with van der Waals surface area (Å²) >= 11 is 0. The molecule has 1 atom stereocenters. The van der Waals surface area contributed by atoms with Crippen molar-refractivity contribution in [3.63, 3.8) is 0 Å². The van der Waals surface area contributed by atoms with Gasteiger partial charge in [-0.1, -0.05) is 0 Å². The van der Waals surface area contributed by atoms with Gasteiger partial charge in [-0.25, -0.2) is 4.79 Å². The van der Waals surface area contributed by atoms with E-state index in [1.165, 1.54) is 6.42 Å². The molecule has 0 radical (unpaired) electrons. The van der Waals surface area contributed by atoms with E-state index in [4.69, 9.17) is 9.47 Å². The van der Waals surface area contributed by atoms with Gasteiger partial charge in [-0.05, 0) is 39.5 Å². The monoisotopic (exact) mass is 270 g/mol. The third-order valence-electron chi connectivity index (χ3n) is 3.50. The predicted molar refractivity (Wildman–Crippen MR) is 73.1 cm³/mol. The average Bonchev–Trinajstić information content (AvgIpc) is 2.25. The molecule has 0 aromatic heterocycles. The van der Waals surface area contributed by atoms with E-state index in [0.717, 1.165) is 39.3 Å². The lowest BCUT2D eigenvalue weighted by Gasteiger charge is -2.35. The summed E-state index contributed by atoms with van der Waals surface area (Å²) in [4.78, 5) is 13.9. The van der Waals surface area contributed by atoms with Crippen molar-refractivity contribution in [1.29, 1.82) is 0 Å². The SMILES string of the molecule is CC(C)(C)OC(=O)N1CCCC(CNC2COC2)C1. The first-order chi connectivity index (χ1) is 8.94. The zero-order chi connectivity index (χ0) is 13.9. The first kappa shape index (κ1) is 14.6. The number of nitrogens with one attached hydrogen (secondary N) is 1. The summed E-state index contributed by atoms with van der Waals surface area (Å²) in [5.74, 6) is 0.530. The molecule has 2 fully saturated rings. The number of piperidine rings is 1. The van der Waals surface area contributed by atoms with Gasteiger partial charge in [-0.2, -0.15) is 0 Å². The Morgan fingerprint density at radius 2 is 2.16 bits per heavy atom. The quantitative estimate of drug-likeness (QED) is 0.846. The molecule has 110 valence electrons. The number of carbonyl (C=O) groups excluding carboxylic acids is 1. The van der Waals surface area contributed by atoms with Crippen molar-refractivity contribution in [2.24, 2.45) is 5.92 Å². The van der Waals surface area contributed by atoms with E-state index < -0.39 is 5.60 Å². The Kier molecular flexibility index (Phi) is 4.68. The van der Waals surface area contributed by atoms with E-state index in [0.29, 0.717) is 12.0 Å². The molecule has 2 heterocycles. The highest BCUT2D eigenvalue weighted by Gasteiger charge is 2.28. The molecule has 0 aliphatic carbocycles. The fraction of sp³-hybridized carbons (Fsp3) is 0.929. The number of ether oxygens (including phenoxy) is 2. The van der Waals surface area contributed by atoms with Crippen molar-refractivity contribution in [2.45, 2.75) is 45.3 Å². The summed E-state index contributed by atoms with van der Waals surface area (Å²) < 4.78 is 10.6. The van der Waals surface area contributed by atoms with E-state index in [9.17, 15) is 4.79 Å². The molecule has 5 heteroatoms. The van der Waals surface area contributed by atoms with Crippen LogP contribution in [0.25, 0.3) is 0 Å². The molecule has 0 spiro atoms. The van der Waals surface area contributed by atoms with Crippen molar-refractivity contribution in [3.8, 4) is 0 Å². The van der Waals surface area contributed by atoms with Crippen LogP contribution in [0.2, 0.25) is 0 Å². The minimum Gasteiger partial charge on any atom is -0.444 e. The Hall–Kier alpha value is -0.810. The number of carbonyl (C=O) groups is 1. The van der Waals surface area contributed by atoms with E-state index in [1.807, 2.05) is 25.7 Å². The van der Waals surface area contributed by atoms with Crippen LogP contribution >= 0.6 is 0 Å². The average molecular weight is 270 g/mol. The van der Waals surface area contributed by atoms with Gasteiger partial charge in [-0.3, -0.25) is 0 Å². The Bertz CT molecular complexity index is 310. The largest absolute Gasteiger partial charge is 0.444 e. The molecule has 2 aliphatic rings. The summed E-state index contributed by atoms with van der Waals surface area (Å²) in [6.45, 7) is 9.95. The van der Waals surface area contributed by atoms with Gasteiger partial charge in [-0.15, -0.1) is 0 Å². The van der Waals surface area contributed by atoms with Gasteiger partial charge in [0.15, 0.2) is 0 Å². The van der Waals surface area contributed by atoms with E-state index in [2.05, 4.69) is 5.32 Å². The van der Waals surface area contributed by atoms with Crippen LogP contribution in [0.3, 0.4) is 0 Å². The lowest BCUT2D eigenvalue weighted by molar-refractivity contribution is -0.00946. The third-order valence-corrected chi connectivity index (χ3v) is 3.50. The van der Waals surface area contributed by atoms with Crippen LogP contribution in [0.4, 0.5) is 4.79 Å².